The minimum Gasteiger partial charge on any atom is -0.481 e. The molecule has 0 spiro atoms. The summed E-state index contributed by atoms with van der Waals surface area (Å²) in [4.78, 5) is 10.9. The number of carboxylic acid groups (broad SMARTS) is 1. The number of hydrogen-bond donors (Lipinski definition) is 2. The van der Waals surface area contributed by atoms with Crippen LogP contribution >= 0.6 is 0 Å². The second-order valence-electron chi connectivity index (χ2n) is 3.88. The van der Waals surface area contributed by atoms with Crippen LogP contribution in [0.4, 0.5) is 8.78 Å². The van der Waals surface area contributed by atoms with Gasteiger partial charge in [0.25, 0.3) is 0 Å². The van der Waals surface area contributed by atoms with Crippen molar-refractivity contribution < 1.29 is 18.7 Å². The van der Waals surface area contributed by atoms with Gasteiger partial charge in [0.2, 0.25) is 0 Å². The molecule has 0 radical (unpaired) electrons. The second kappa shape index (κ2) is 4.17. The molecule has 1 aliphatic heterocycles. The third kappa shape index (κ3) is 1.90. The van der Waals surface area contributed by atoms with E-state index in [2.05, 4.69) is 5.32 Å². The first-order valence-electron chi connectivity index (χ1n) is 4.98. The largest absolute Gasteiger partial charge is 0.481 e. The quantitative estimate of drug-likeness (QED) is 0.801. The van der Waals surface area contributed by atoms with Crippen molar-refractivity contribution in [2.75, 3.05) is 13.1 Å². The number of carbonyl (C=O) groups is 1. The molecule has 5 heteroatoms. The Bertz CT molecular complexity index is 422. The first-order valence-corrected chi connectivity index (χ1v) is 4.98. The molecule has 0 aliphatic carbocycles. The number of carboxylic acids is 1. The molecule has 1 fully saturated rings. The van der Waals surface area contributed by atoms with Crippen molar-refractivity contribution in [3.05, 3.63) is 35.4 Å². The lowest BCUT2D eigenvalue weighted by molar-refractivity contribution is -0.141. The van der Waals surface area contributed by atoms with Gasteiger partial charge in [0.1, 0.15) is 11.6 Å². The zero-order valence-electron chi connectivity index (χ0n) is 8.41. The predicted octanol–water partition coefficient (Wildman–Crippen LogP) is 1.35. The summed E-state index contributed by atoms with van der Waals surface area (Å²) in [5.74, 6) is -3.38. The summed E-state index contributed by atoms with van der Waals surface area (Å²) in [5, 5.41) is 11.9. The van der Waals surface area contributed by atoms with Crippen LogP contribution in [0, 0.1) is 17.6 Å². The Morgan fingerprint density at radius 2 is 2.12 bits per heavy atom. The van der Waals surface area contributed by atoms with Crippen LogP contribution in [0.2, 0.25) is 0 Å². The first-order chi connectivity index (χ1) is 7.59. The Balaban J connectivity index is 2.32. The van der Waals surface area contributed by atoms with Crippen LogP contribution < -0.4 is 5.32 Å². The van der Waals surface area contributed by atoms with E-state index < -0.39 is 29.4 Å². The smallest absolute Gasteiger partial charge is 0.308 e. The topological polar surface area (TPSA) is 49.3 Å². The van der Waals surface area contributed by atoms with Crippen LogP contribution in [-0.4, -0.2) is 24.2 Å². The monoisotopic (exact) mass is 227 g/mol. The molecule has 0 amide bonds. The fourth-order valence-electron chi connectivity index (χ4n) is 2.07. The minimum absolute atomic E-state index is 0.263. The molecule has 0 bridgehead atoms. The van der Waals surface area contributed by atoms with Crippen molar-refractivity contribution in [2.45, 2.75) is 5.92 Å². The predicted molar refractivity (Wildman–Crippen MR) is 53.1 cm³/mol. The van der Waals surface area contributed by atoms with Crippen LogP contribution in [0.1, 0.15) is 11.5 Å². The molecule has 16 heavy (non-hydrogen) atoms. The molecular formula is C11H11F2NO2. The summed E-state index contributed by atoms with van der Waals surface area (Å²) in [6, 6.07) is 3.25. The van der Waals surface area contributed by atoms with Gasteiger partial charge in [-0.15, -0.1) is 0 Å². The highest BCUT2D eigenvalue weighted by Gasteiger charge is 2.35. The maximum Gasteiger partial charge on any atom is 0.308 e. The van der Waals surface area contributed by atoms with E-state index in [-0.39, 0.29) is 5.56 Å². The van der Waals surface area contributed by atoms with Gasteiger partial charge in [-0.3, -0.25) is 4.79 Å². The van der Waals surface area contributed by atoms with Crippen molar-refractivity contribution in [1.82, 2.24) is 5.32 Å². The maximum atomic E-state index is 13.5. The molecule has 1 aromatic rings. The van der Waals surface area contributed by atoms with Gasteiger partial charge < -0.3 is 10.4 Å². The van der Waals surface area contributed by atoms with Crippen LogP contribution in [0.15, 0.2) is 18.2 Å². The SMILES string of the molecule is O=C(O)C1CNCC1c1ccc(F)cc1F. The lowest BCUT2D eigenvalue weighted by atomic mass is 9.89. The normalized spacial score (nSPS) is 24.6. The third-order valence-electron chi connectivity index (χ3n) is 2.89. The van der Waals surface area contributed by atoms with E-state index in [1.165, 1.54) is 6.07 Å². The lowest BCUT2D eigenvalue weighted by Crippen LogP contribution is -2.21. The number of halogens is 2. The average molecular weight is 227 g/mol. The van der Waals surface area contributed by atoms with E-state index >= 15 is 0 Å². The standard InChI is InChI=1S/C11H11F2NO2/c12-6-1-2-7(10(13)3-6)8-4-14-5-9(8)11(15)16/h1-3,8-9,14H,4-5H2,(H,15,16). The number of rotatable bonds is 2. The molecule has 1 heterocycles. The molecule has 3 nitrogen and oxygen atoms in total. The summed E-state index contributed by atoms with van der Waals surface area (Å²) in [7, 11) is 0. The summed E-state index contributed by atoms with van der Waals surface area (Å²) in [6.45, 7) is 0.719. The fourth-order valence-corrected chi connectivity index (χ4v) is 2.07. The Kier molecular flexibility index (Phi) is 2.87. The Hall–Kier alpha value is -1.49. The first kappa shape index (κ1) is 11.0. The minimum atomic E-state index is -0.960. The zero-order valence-corrected chi connectivity index (χ0v) is 8.41. The number of benzene rings is 1. The van der Waals surface area contributed by atoms with E-state index in [1.54, 1.807) is 0 Å². The third-order valence-corrected chi connectivity index (χ3v) is 2.89. The van der Waals surface area contributed by atoms with Crippen molar-refractivity contribution in [2.24, 2.45) is 5.92 Å². The summed E-state index contributed by atoms with van der Waals surface area (Å²) in [6.07, 6.45) is 0. The molecule has 86 valence electrons. The molecule has 0 aromatic heterocycles. The number of aliphatic carboxylic acids is 1. The summed E-state index contributed by atoms with van der Waals surface area (Å²) >= 11 is 0. The Morgan fingerprint density at radius 1 is 1.38 bits per heavy atom. The van der Waals surface area contributed by atoms with E-state index in [9.17, 15) is 13.6 Å². The van der Waals surface area contributed by atoms with Gasteiger partial charge in [-0.1, -0.05) is 6.07 Å². The highest BCUT2D eigenvalue weighted by atomic mass is 19.1. The van der Waals surface area contributed by atoms with Crippen molar-refractivity contribution in [3.8, 4) is 0 Å². The van der Waals surface area contributed by atoms with Crippen molar-refractivity contribution >= 4 is 5.97 Å². The van der Waals surface area contributed by atoms with Crippen LogP contribution in [0.25, 0.3) is 0 Å². The zero-order chi connectivity index (χ0) is 11.7. The van der Waals surface area contributed by atoms with Gasteiger partial charge in [-0.2, -0.15) is 0 Å². The van der Waals surface area contributed by atoms with Gasteiger partial charge in [0.05, 0.1) is 5.92 Å². The van der Waals surface area contributed by atoms with Crippen molar-refractivity contribution in [3.63, 3.8) is 0 Å². The van der Waals surface area contributed by atoms with Gasteiger partial charge in [0, 0.05) is 25.1 Å². The molecule has 1 saturated heterocycles. The maximum absolute atomic E-state index is 13.5. The Labute approximate surface area is 91.1 Å². The highest BCUT2D eigenvalue weighted by Crippen LogP contribution is 2.30. The van der Waals surface area contributed by atoms with Crippen LogP contribution in [-0.2, 0) is 4.79 Å². The van der Waals surface area contributed by atoms with E-state index in [4.69, 9.17) is 5.11 Å². The average Bonchev–Trinajstić information content (AvgIpc) is 2.66. The molecule has 2 unspecified atom stereocenters. The number of nitrogens with one attached hydrogen (secondary N) is 1. The van der Waals surface area contributed by atoms with E-state index in [1.807, 2.05) is 0 Å². The molecule has 2 atom stereocenters. The van der Waals surface area contributed by atoms with Gasteiger partial charge in [-0.05, 0) is 11.6 Å². The molecule has 1 aliphatic rings. The summed E-state index contributed by atoms with van der Waals surface area (Å²) < 4.78 is 26.2. The second-order valence-corrected chi connectivity index (χ2v) is 3.88. The summed E-state index contributed by atoms with van der Waals surface area (Å²) in [5.41, 5.74) is 0.263. The van der Waals surface area contributed by atoms with Gasteiger partial charge >= 0.3 is 5.97 Å². The molecule has 2 rings (SSSR count). The van der Waals surface area contributed by atoms with Crippen LogP contribution in [0.3, 0.4) is 0 Å². The van der Waals surface area contributed by atoms with E-state index in [0.29, 0.717) is 13.1 Å². The van der Waals surface area contributed by atoms with Gasteiger partial charge in [-0.25, -0.2) is 8.78 Å². The van der Waals surface area contributed by atoms with Crippen LogP contribution in [0.5, 0.6) is 0 Å². The molecular weight excluding hydrogens is 216 g/mol. The fraction of sp³-hybridized carbons (Fsp3) is 0.364. The van der Waals surface area contributed by atoms with E-state index in [0.717, 1.165) is 12.1 Å². The molecule has 0 saturated carbocycles. The number of hydrogen-bond acceptors (Lipinski definition) is 2. The molecule has 1 aromatic carbocycles. The highest BCUT2D eigenvalue weighted by molar-refractivity contribution is 5.72. The lowest BCUT2D eigenvalue weighted by Gasteiger charge is -2.15. The van der Waals surface area contributed by atoms with Gasteiger partial charge in [0.15, 0.2) is 0 Å². The molecule has 2 N–H and O–H groups in total. The Morgan fingerprint density at radius 3 is 2.75 bits per heavy atom. The van der Waals surface area contributed by atoms with Crippen molar-refractivity contribution in [1.29, 1.82) is 0 Å².